The molecule has 0 fully saturated rings. The van der Waals surface area contributed by atoms with Crippen LogP contribution in [0.2, 0.25) is 0 Å². The van der Waals surface area contributed by atoms with Gasteiger partial charge >= 0.3 is 0 Å². The third-order valence-corrected chi connectivity index (χ3v) is 1.63. The van der Waals surface area contributed by atoms with E-state index >= 15 is 0 Å². The van der Waals surface area contributed by atoms with Gasteiger partial charge in [-0.15, -0.1) is 0 Å². The van der Waals surface area contributed by atoms with E-state index in [1.807, 2.05) is 0 Å². The minimum absolute atomic E-state index is 0.125. The third-order valence-electron chi connectivity index (χ3n) is 1.63. The first-order chi connectivity index (χ1) is 6.83. The third kappa shape index (κ3) is 22.6. The molecule has 0 radical (unpaired) electrons. The van der Waals surface area contributed by atoms with Gasteiger partial charge in [-0.1, -0.05) is 33.1 Å². The molecule has 3 heteroatoms. The zero-order valence-electron chi connectivity index (χ0n) is 9.67. The Morgan fingerprint density at radius 3 is 1.71 bits per heavy atom. The summed E-state index contributed by atoms with van der Waals surface area (Å²) in [6.45, 7) is 6.08. The molecule has 3 nitrogen and oxygen atoms in total. The number of hydrogen-bond donors (Lipinski definition) is 2. The van der Waals surface area contributed by atoms with Crippen LogP contribution in [0.3, 0.4) is 0 Å². The smallest absolute Gasteiger partial charge is 0.0662 e. The second-order valence-corrected chi connectivity index (χ2v) is 3.12. The van der Waals surface area contributed by atoms with Crippen molar-refractivity contribution in [1.82, 2.24) is 0 Å². The van der Waals surface area contributed by atoms with E-state index in [2.05, 4.69) is 13.8 Å². The maximum Gasteiger partial charge on any atom is 0.0662 e. The van der Waals surface area contributed by atoms with Crippen molar-refractivity contribution in [2.24, 2.45) is 0 Å². The van der Waals surface area contributed by atoms with Crippen LogP contribution in [-0.2, 0) is 4.74 Å². The van der Waals surface area contributed by atoms with Crippen molar-refractivity contribution in [1.29, 1.82) is 0 Å². The van der Waals surface area contributed by atoms with Gasteiger partial charge in [0.1, 0.15) is 0 Å². The van der Waals surface area contributed by atoms with E-state index in [1.54, 1.807) is 0 Å². The highest BCUT2D eigenvalue weighted by Crippen LogP contribution is 1.95. The van der Waals surface area contributed by atoms with E-state index in [0.29, 0.717) is 0 Å². The first kappa shape index (κ1) is 16.3. The predicted molar refractivity (Wildman–Crippen MR) is 59.4 cm³/mol. The molecule has 0 aliphatic heterocycles. The van der Waals surface area contributed by atoms with Gasteiger partial charge in [0.25, 0.3) is 0 Å². The lowest BCUT2D eigenvalue weighted by Gasteiger charge is -2.00. The predicted octanol–water partition coefficient (Wildman–Crippen LogP) is 1.96. The van der Waals surface area contributed by atoms with E-state index < -0.39 is 0 Å². The summed E-state index contributed by atoms with van der Waals surface area (Å²) in [5, 5.41) is 15.2. The van der Waals surface area contributed by atoms with Gasteiger partial charge in [-0.25, -0.2) is 0 Å². The Bertz CT molecular complexity index is 66.9. The molecule has 0 saturated heterocycles. The monoisotopic (exact) mass is 206 g/mol. The van der Waals surface area contributed by atoms with Crippen molar-refractivity contribution in [2.75, 3.05) is 26.4 Å². The van der Waals surface area contributed by atoms with E-state index in [-0.39, 0.29) is 13.2 Å². The molecule has 14 heavy (non-hydrogen) atoms. The highest BCUT2D eigenvalue weighted by Gasteiger charge is 1.86. The van der Waals surface area contributed by atoms with Crippen LogP contribution in [0.4, 0.5) is 0 Å². The molecule has 0 aliphatic rings. The molecule has 0 amide bonds. The van der Waals surface area contributed by atoms with Crippen molar-refractivity contribution in [3.05, 3.63) is 0 Å². The molecular weight excluding hydrogens is 180 g/mol. The van der Waals surface area contributed by atoms with Gasteiger partial charge in [0, 0.05) is 13.2 Å². The second-order valence-electron chi connectivity index (χ2n) is 3.12. The fraction of sp³-hybridized carbons (Fsp3) is 1.00. The van der Waals surface area contributed by atoms with Crippen LogP contribution in [0.5, 0.6) is 0 Å². The Morgan fingerprint density at radius 2 is 1.29 bits per heavy atom. The van der Waals surface area contributed by atoms with E-state index in [0.717, 1.165) is 13.2 Å². The summed E-state index contributed by atoms with van der Waals surface area (Å²) in [5.74, 6) is 0. The van der Waals surface area contributed by atoms with Crippen LogP contribution in [-0.4, -0.2) is 36.6 Å². The topological polar surface area (TPSA) is 49.7 Å². The molecule has 0 heterocycles. The van der Waals surface area contributed by atoms with Gasteiger partial charge in [-0.3, -0.25) is 0 Å². The SMILES string of the molecule is CCCCCOCCCC.OCCO. The zero-order valence-corrected chi connectivity index (χ0v) is 9.67. The molecule has 0 rings (SSSR count). The van der Waals surface area contributed by atoms with E-state index in [1.165, 1.54) is 32.1 Å². The molecule has 0 atom stereocenters. The van der Waals surface area contributed by atoms with Crippen LogP contribution < -0.4 is 0 Å². The van der Waals surface area contributed by atoms with Gasteiger partial charge in [0.2, 0.25) is 0 Å². The van der Waals surface area contributed by atoms with Crippen LogP contribution in [0, 0.1) is 0 Å². The molecule has 0 saturated carbocycles. The highest BCUT2D eigenvalue weighted by atomic mass is 16.5. The Balaban J connectivity index is 0. The number of ether oxygens (including phenoxy) is 1. The number of aliphatic hydroxyl groups is 2. The largest absolute Gasteiger partial charge is 0.394 e. The number of aliphatic hydroxyl groups excluding tert-OH is 2. The van der Waals surface area contributed by atoms with E-state index in [4.69, 9.17) is 14.9 Å². The van der Waals surface area contributed by atoms with Gasteiger partial charge in [0.15, 0.2) is 0 Å². The Morgan fingerprint density at radius 1 is 0.786 bits per heavy atom. The summed E-state index contributed by atoms with van der Waals surface area (Å²) < 4.78 is 5.38. The highest BCUT2D eigenvalue weighted by molar-refractivity contribution is 4.36. The molecule has 0 bridgehead atoms. The minimum atomic E-state index is -0.125. The molecule has 0 aromatic carbocycles. The molecule has 0 aromatic heterocycles. The lowest BCUT2D eigenvalue weighted by molar-refractivity contribution is 0.127. The maximum absolute atomic E-state index is 7.62. The molecule has 0 unspecified atom stereocenters. The van der Waals surface area contributed by atoms with Crippen molar-refractivity contribution in [3.8, 4) is 0 Å². The Hall–Kier alpha value is -0.120. The van der Waals surface area contributed by atoms with Gasteiger partial charge in [-0.2, -0.15) is 0 Å². The normalized spacial score (nSPS) is 9.43. The first-order valence-electron chi connectivity index (χ1n) is 5.62. The average molecular weight is 206 g/mol. The lowest BCUT2D eigenvalue weighted by Crippen LogP contribution is -1.95. The fourth-order valence-corrected chi connectivity index (χ4v) is 0.803. The van der Waals surface area contributed by atoms with Crippen LogP contribution in [0.25, 0.3) is 0 Å². The fourth-order valence-electron chi connectivity index (χ4n) is 0.803. The van der Waals surface area contributed by atoms with Gasteiger partial charge in [0.05, 0.1) is 13.2 Å². The number of unbranched alkanes of at least 4 members (excludes halogenated alkanes) is 3. The van der Waals surface area contributed by atoms with Crippen LogP contribution >= 0.6 is 0 Å². The Labute approximate surface area is 88.1 Å². The summed E-state index contributed by atoms with van der Waals surface area (Å²) in [5.41, 5.74) is 0. The standard InChI is InChI=1S/C9H20O.C2H6O2/c1-3-5-7-9-10-8-6-4-2;3-1-2-4/h3-9H2,1-2H3;3-4H,1-2H2. The minimum Gasteiger partial charge on any atom is -0.394 e. The first-order valence-corrected chi connectivity index (χ1v) is 5.62. The van der Waals surface area contributed by atoms with Gasteiger partial charge in [-0.05, 0) is 12.8 Å². The number of hydrogen-bond acceptors (Lipinski definition) is 3. The molecule has 2 N–H and O–H groups in total. The summed E-state index contributed by atoms with van der Waals surface area (Å²) in [6, 6.07) is 0. The van der Waals surface area contributed by atoms with Crippen LogP contribution in [0.1, 0.15) is 46.0 Å². The second kappa shape index (κ2) is 18.6. The quantitative estimate of drug-likeness (QED) is 0.597. The summed E-state index contributed by atoms with van der Waals surface area (Å²) in [6.07, 6.45) is 6.30. The molecule has 88 valence electrons. The van der Waals surface area contributed by atoms with Crippen LogP contribution in [0.15, 0.2) is 0 Å². The average Bonchev–Trinajstić information content (AvgIpc) is 2.24. The maximum atomic E-state index is 7.62. The molecule has 0 aromatic rings. The molecular formula is C11H26O3. The Kier molecular flexibility index (Phi) is 21.7. The number of rotatable bonds is 8. The van der Waals surface area contributed by atoms with Crippen molar-refractivity contribution < 1.29 is 14.9 Å². The molecule has 0 aliphatic carbocycles. The van der Waals surface area contributed by atoms with E-state index in [9.17, 15) is 0 Å². The zero-order chi connectivity index (χ0) is 11.1. The summed E-state index contributed by atoms with van der Waals surface area (Å²) >= 11 is 0. The van der Waals surface area contributed by atoms with Crippen molar-refractivity contribution in [3.63, 3.8) is 0 Å². The molecule has 0 spiro atoms. The van der Waals surface area contributed by atoms with Crippen molar-refractivity contribution >= 4 is 0 Å². The summed E-state index contributed by atoms with van der Waals surface area (Å²) in [7, 11) is 0. The van der Waals surface area contributed by atoms with Gasteiger partial charge < -0.3 is 14.9 Å². The van der Waals surface area contributed by atoms with Crippen molar-refractivity contribution in [2.45, 2.75) is 46.0 Å². The summed E-state index contributed by atoms with van der Waals surface area (Å²) in [4.78, 5) is 0. The lowest BCUT2D eigenvalue weighted by atomic mass is 10.3.